The molecule has 36 heavy (non-hydrogen) atoms. The number of phenolic OH excluding ortho intramolecular Hbond substituents is 1. The van der Waals surface area contributed by atoms with Crippen LogP contribution in [0.1, 0.15) is 74.4 Å². The van der Waals surface area contributed by atoms with Crippen molar-refractivity contribution < 1.29 is 19.4 Å². The van der Waals surface area contributed by atoms with Crippen LogP contribution >= 0.6 is 0 Å². The van der Waals surface area contributed by atoms with Crippen LogP contribution < -0.4 is 10.1 Å². The first-order valence-electron chi connectivity index (χ1n) is 13.4. The summed E-state index contributed by atoms with van der Waals surface area (Å²) in [6.45, 7) is 11.6. The molecular formula is C30H42N2O4. The van der Waals surface area contributed by atoms with E-state index in [0.717, 1.165) is 63.9 Å². The molecule has 196 valence electrons. The van der Waals surface area contributed by atoms with Gasteiger partial charge >= 0.3 is 0 Å². The number of hydrogen-bond donors (Lipinski definition) is 2. The number of nitrogens with zero attached hydrogens (tertiary/aromatic N) is 1. The lowest BCUT2D eigenvalue weighted by Gasteiger charge is -2.42. The first kappa shape index (κ1) is 26.5. The van der Waals surface area contributed by atoms with Gasteiger partial charge in [-0.05, 0) is 68.0 Å². The highest BCUT2D eigenvalue weighted by atomic mass is 16.5. The first-order valence-corrected chi connectivity index (χ1v) is 13.4. The number of para-hydroxylation sites is 1. The monoisotopic (exact) mass is 494 g/mol. The minimum Gasteiger partial charge on any atom is -0.508 e. The van der Waals surface area contributed by atoms with Gasteiger partial charge in [-0.15, -0.1) is 0 Å². The summed E-state index contributed by atoms with van der Waals surface area (Å²) in [6, 6.07) is 13.5. The molecule has 2 aromatic carbocycles. The molecular weight excluding hydrogens is 452 g/mol. The van der Waals surface area contributed by atoms with Crippen molar-refractivity contribution in [1.82, 2.24) is 10.2 Å². The lowest BCUT2D eigenvalue weighted by Crippen LogP contribution is -2.43. The number of phenols is 1. The number of ether oxygens (including phenoxy) is 2. The van der Waals surface area contributed by atoms with Crippen LogP contribution in [0.15, 0.2) is 42.5 Å². The van der Waals surface area contributed by atoms with Crippen LogP contribution in [-0.4, -0.2) is 55.4 Å². The number of benzene rings is 2. The Kier molecular flexibility index (Phi) is 8.58. The van der Waals surface area contributed by atoms with E-state index in [-0.39, 0.29) is 16.7 Å². The molecule has 0 aromatic heterocycles. The lowest BCUT2D eigenvalue weighted by atomic mass is 9.75. The van der Waals surface area contributed by atoms with Gasteiger partial charge in [0, 0.05) is 30.7 Å². The molecule has 2 aromatic rings. The van der Waals surface area contributed by atoms with Gasteiger partial charge in [-0.3, -0.25) is 9.69 Å². The second-order valence-electron chi connectivity index (χ2n) is 11.5. The Morgan fingerprint density at radius 3 is 2.58 bits per heavy atom. The smallest absolute Gasteiger partial charge is 0.255 e. The first-order chi connectivity index (χ1) is 17.3. The lowest BCUT2D eigenvalue weighted by molar-refractivity contribution is 0.0381. The molecule has 0 radical (unpaired) electrons. The molecule has 0 saturated carbocycles. The molecule has 1 fully saturated rings. The zero-order valence-corrected chi connectivity index (χ0v) is 22.1. The molecule has 1 saturated heterocycles. The summed E-state index contributed by atoms with van der Waals surface area (Å²) >= 11 is 0. The van der Waals surface area contributed by atoms with Crippen molar-refractivity contribution in [3.63, 3.8) is 0 Å². The zero-order chi connectivity index (χ0) is 25.6. The fourth-order valence-electron chi connectivity index (χ4n) is 5.22. The third-order valence-electron chi connectivity index (χ3n) is 7.70. The van der Waals surface area contributed by atoms with Crippen molar-refractivity contribution in [3.8, 4) is 11.5 Å². The van der Waals surface area contributed by atoms with Crippen LogP contribution in [-0.2, 0) is 16.7 Å². The van der Waals surface area contributed by atoms with Crippen molar-refractivity contribution in [2.75, 3.05) is 39.5 Å². The Labute approximate surface area is 216 Å². The van der Waals surface area contributed by atoms with Crippen LogP contribution in [0.5, 0.6) is 11.5 Å². The number of aromatic hydroxyl groups is 1. The van der Waals surface area contributed by atoms with Crippen molar-refractivity contribution in [3.05, 3.63) is 59.2 Å². The van der Waals surface area contributed by atoms with E-state index in [2.05, 4.69) is 37.1 Å². The second kappa shape index (κ2) is 11.7. The highest BCUT2D eigenvalue weighted by molar-refractivity contribution is 5.96. The molecule has 2 aliphatic rings. The number of piperidine rings is 1. The topological polar surface area (TPSA) is 71.0 Å². The second-order valence-corrected chi connectivity index (χ2v) is 11.5. The molecule has 2 heterocycles. The van der Waals surface area contributed by atoms with Gasteiger partial charge < -0.3 is 19.9 Å². The summed E-state index contributed by atoms with van der Waals surface area (Å²) < 4.78 is 12.1. The summed E-state index contributed by atoms with van der Waals surface area (Å²) in [5, 5.41) is 13.5. The van der Waals surface area contributed by atoms with Crippen molar-refractivity contribution >= 4 is 5.91 Å². The van der Waals surface area contributed by atoms with Crippen LogP contribution in [0.3, 0.4) is 0 Å². The van der Waals surface area contributed by atoms with E-state index in [1.54, 1.807) is 0 Å². The Morgan fingerprint density at radius 2 is 1.81 bits per heavy atom. The molecule has 4 rings (SSSR count). The summed E-state index contributed by atoms with van der Waals surface area (Å²) in [4.78, 5) is 15.1. The molecule has 0 unspecified atom stereocenters. The van der Waals surface area contributed by atoms with Gasteiger partial charge in [0.2, 0.25) is 0 Å². The normalized spacial score (nSPS) is 20.1. The highest BCUT2D eigenvalue weighted by Crippen LogP contribution is 2.39. The molecule has 1 amide bonds. The Morgan fingerprint density at radius 1 is 1.03 bits per heavy atom. The number of nitrogens with one attached hydrogen (secondary N) is 1. The Bertz CT molecular complexity index is 1020. The maximum atomic E-state index is 12.7. The van der Waals surface area contributed by atoms with Crippen LogP contribution in [0.2, 0.25) is 0 Å². The maximum absolute atomic E-state index is 12.7. The minimum atomic E-state index is -0.118. The van der Waals surface area contributed by atoms with Gasteiger partial charge in [0.1, 0.15) is 11.5 Å². The molecule has 2 N–H and O–H groups in total. The summed E-state index contributed by atoms with van der Waals surface area (Å²) in [6.07, 6.45) is 5.27. The molecule has 6 nitrogen and oxygen atoms in total. The Hall–Kier alpha value is -2.57. The van der Waals surface area contributed by atoms with E-state index in [4.69, 9.17) is 9.47 Å². The predicted molar refractivity (Wildman–Crippen MR) is 143 cm³/mol. The van der Waals surface area contributed by atoms with E-state index < -0.39 is 0 Å². The number of fused-ring (bicyclic) bond motifs is 1. The van der Waals surface area contributed by atoms with E-state index >= 15 is 0 Å². The fourth-order valence-corrected chi connectivity index (χ4v) is 5.22. The fraction of sp³-hybridized carbons (Fsp3) is 0.567. The maximum Gasteiger partial charge on any atom is 0.255 e. The number of carbonyl (C=O) groups is 1. The molecule has 6 heteroatoms. The molecule has 2 aliphatic heterocycles. The van der Waals surface area contributed by atoms with Crippen molar-refractivity contribution in [2.24, 2.45) is 5.41 Å². The van der Waals surface area contributed by atoms with Gasteiger partial charge in [0.15, 0.2) is 0 Å². The van der Waals surface area contributed by atoms with Crippen LogP contribution in [0.25, 0.3) is 0 Å². The predicted octanol–water partition coefficient (Wildman–Crippen LogP) is 5.28. The number of carbonyl (C=O) groups excluding carboxylic acids is 1. The van der Waals surface area contributed by atoms with E-state index in [1.165, 1.54) is 5.56 Å². The van der Waals surface area contributed by atoms with E-state index in [0.29, 0.717) is 36.8 Å². The van der Waals surface area contributed by atoms with Crippen LogP contribution in [0, 0.1) is 5.41 Å². The quantitative estimate of drug-likeness (QED) is 0.594. The molecule has 1 spiro atoms. The van der Waals surface area contributed by atoms with Crippen LogP contribution in [0.4, 0.5) is 0 Å². The van der Waals surface area contributed by atoms with Crippen molar-refractivity contribution in [1.29, 1.82) is 0 Å². The SMILES string of the molecule is CC(C)(C)c1ccc(O)c(CN2CCC3(CCCCOCCNC(=O)c4ccccc4OC3)CC2)c1. The number of rotatable bonds is 2. The average Bonchev–Trinajstić information content (AvgIpc) is 2.86. The van der Waals surface area contributed by atoms with E-state index in [1.807, 2.05) is 36.4 Å². The van der Waals surface area contributed by atoms with Gasteiger partial charge in [-0.25, -0.2) is 0 Å². The van der Waals surface area contributed by atoms with E-state index in [9.17, 15) is 9.90 Å². The molecule has 0 bridgehead atoms. The summed E-state index contributed by atoms with van der Waals surface area (Å²) in [5.74, 6) is 0.908. The van der Waals surface area contributed by atoms with Gasteiger partial charge in [0.25, 0.3) is 5.91 Å². The largest absolute Gasteiger partial charge is 0.508 e. The standard InChI is InChI=1S/C30H42N2O4/c1-29(2,3)24-10-11-26(33)23(20-24)21-32-16-13-30(14-17-32)12-6-7-18-35-19-15-31-28(34)25-8-4-5-9-27(25)36-22-30/h4-5,8-11,20,33H,6-7,12-19,21-22H2,1-3H3,(H,31,34). The number of likely N-dealkylation sites (tertiary alicyclic amines) is 1. The number of amides is 1. The van der Waals surface area contributed by atoms with Gasteiger partial charge in [0.05, 0.1) is 18.8 Å². The Balaban J connectivity index is 1.45. The minimum absolute atomic E-state index is 0.0498. The summed E-state index contributed by atoms with van der Waals surface area (Å²) in [5.41, 5.74) is 2.94. The molecule has 0 atom stereocenters. The van der Waals surface area contributed by atoms with Gasteiger partial charge in [-0.1, -0.05) is 51.5 Å². The average molecular weight is 495 g/mol. The summed E-state index contributed by atoms with van der Waals surface area (Å²) in [7, 11) is 0. The zero-order valence-electron chi connectivity index (χ0n) is 22.1. The number of hydrogen-bond acceptors (Lipinski definition) is 5. The van der Waals surface area contributed by atoms with Gasteiger partial charge in [-0.2, -0.15) is 0 Å². The third-order valence-corrected chi connectivity index (χ3v) is 7.70. The van der Waals surface area contributed by atoms with Crippen molar-refractivity contribution in [2.45, 2.75) is 64.8 Å². The highest BCUT2D eigenvalue weighted by Gasteiger charge is 2.35. The third kappa shape index (κ3) is 6.80. The molecule has 0 aliphatic carbocycles.